The van der Waals surface area contributed by atoms with Crippen LogP contribution < -0.4 is 11.1 Å². The Hall–Kier alpha value is -0.640. The van der Waals surface area contributed by atoms with E-state index in [-0.39, 0.29) is 11.8 Å². The van der Waals surface area contributed by atoms with Crippen LogP contribution in [-0.2, 0) is 4.79 Å². The predicted molar refractivity (Wildman–Crippen MR) is 67.6 cm³/mol. The third-order valence-electron chi connectivity index (χ3n) is 2.26. The van der Waals surface area contributed by atoms with E-state index in [0.717, 1.165) is 19.3 Å². The van der Waals surface area contributed by atoms with E-state index in [1.54, 1.807) is 0 Å². The molecule has 0 rings (SSSR count). The van der Waals surface area contributed by atoms with Gasteiger partial charge in [-0.1, -0.05) is 39.4 Å². The summed E-state index contributed by atoms with van der Waals surface area (Å²) in [5, 5.41) is 2.87. The molecule has 0 aliphatic rings. The van der Waals surface area contributed by atoms with E-state index < -0.39 is 0 Å². The first-order chi connectivity index (χ1) is 6.99. The summed E-state index contributed by atoms with van der Waals surface area (Å²) in [6, 6.07) is 0. The van der Waals surface area contributed by atoms with Crippen molar-refractivity contribution in [1.82, 2.24) is 5.32 Å². The average molecular weight is 230 g/mol. The Morgan fingerprint density at radius 3 is 2.40 bits per heavy atom. The molecule has 0 aromatic heterocycles. The van der Waals surface area contributed by atoms with Crippen LogP contribution in [0.15, 0.2) is 0 Å². The number of carbonyl (C=O) groups is 1. The zero-order chi connectivity index (χ0) is 11.8. The molecule has 0 aliphatic heterocycles. The van der Waals surface area contributed by atoms with Crippen molar-refractivity contribution in [3.05, 3.63) is 0 Å². The summed E-state index contributed by atoms with van der Waals surface area (Å²) in [4.78, 5) is 12.0. The molecular formula is C11H22N2OS. The standard InChI is InChI=1S/C11H22N2OS/c1-4-5-9(10(12)15)11(14)13-7-6-8(2)3/h8-9H,4-7H2,1-3H3,(H2,12,15)(H,13,14). The molecule has 1 amide bonds. The number of hydrogen-bond acceptors (Lipinski definition) is 2. The molecule has 3 nitrogen and oxygen atoms in total. The molecule has 0 radical (unpaired) electrons. The van der Waals surface area contributed by atoms with Crippen LogP contribution in [0.2, 0.25) is 0 Å². The lowest BCUT2D eigenvalue weighted by Gasteiger charge is -2.15. The number of amides is 1. The Kier molecular flexibility index (Phi) is 7.30. The number of hydrogen-bond donors (Lipinski definition) is 2. The van der Waals surface area contributed by atoms with Gasteiger partial charge in [-0.05, 0) is 18.8 Å². The first-order valence-electron chi connectivity index (χ1n) is 5.56. The molecule has 1 atom stereocenters. The van der Waals surface area contributed by atoms with Gasteiger partial charge in [-0.15, -0.1) is 0 Å². The maximum absolute atomic E-state index is 11.7. The number of nitrogens with one attached hydrogen (secondary N) is 1. The molecule has 0 saturated heterocycles. The first-order valence-corrected chi connectivity index (χ1v) is 5.96. The number of rotatable bonds is 7. The van der Waals surface area contributed by atoms with E-state index >= 15 is 0 Å². The quantitative estimate of drug-likeness (QED) is 0.656. The van der Waals surface area contributed by atoms with Gasteiger partial charge >= 0.3 is 0 Å². The topological polar surface area (TPSA) is 55.1 Å². The van der Waals surface area contributed by atoms with Gasteiger partial charge in [0.2, 0.25) is 5.91 Å². The summed E-state index contributed by atoms with van der Waals surface area (Å²) < 4.78 is 0. The first kappa shape index (κ1) is 14.4. The maximum Gasteiger partial charge on any atom is 0.229 e. The van der Waals surface area contributed by atoms with E-state index in [2.05, 4.69) is 19.2 Å². The van der Waals surface area contributed by atoms with Crippen LogP contribution in [0, 0.1) is 11.8 Å². The molecule has 4 heteroatoms. The third kappa shape index (κ3) is 6.44. The summed E-state index contributed by atoms with van der Waals surface area (Å²) in [6.45, 7) is 6.98. The molecule has 0 aliphatic carbocycles. The molecular weight excluding hydrogens is 208 g/mol. The van der Waals surface area contributed by atoms with Gasteiger partial charge in [-0.2, -0.15) is 0 Å². The van der Waals surface area contributed by atoms with Crippen molar-refractivity contribution in [2.24, 2.45) is 17.6 Å². The van der Waals surface area contributed by atoms with Gasteiger partial charge in [0.1, 0.15) is 0 Å². The van der Waals surface area contributed by atoms with E-state index in [0.29, 0.717) is 17.5 Å². The lowest BCUT2D eigenvalue weighted by atomic mass is 10.0. The van der Waals surface area contributed by atoms with E-state index in [4.69, 9.17) is 18.0 Å². The second kappa shape index (κ2) is 7.63. The maximum atomic E-state index is 11.7. The van der Waals surface area contributed by atoms with Gasteiger partial charge in [0.05, 0.1) is 10.9 Å². The summed E-state index contributed by atoms with van der Waals surface area (Å²) in [5.74, 6) is 0.280. The van der Waals surface area contributed by atoms with E-state index in [9.17, 15) is 4.79 Å². The molecule has 0 spiro atoms. The number of carbonyl (C=O) groups excluding carboxylic acids is 1. The monoisotopic (exact) mass is 230 g/mol. The van der Waals surface area contributed by atoms with Crippen LogP contribution in [0.1, 0.15) is 40.0 Å². The van der Waals surface area contributed by atoms with Gasteiger partial charge in [0, 0.05) is 6.54 Å². The molecule has 0 heterocycles. The molecule has 88 valence electrons. The van der Waals surface area contributed by atoms with Gasteiger partial charge < -0.3 is 11.1 Å². The third-order valence-corrected chi connectivity index (χ3v) is 2.54. The SMILES string of the molecule is CCCC(C(=O)NCCC(C)C)C(N)=S. The second-order valence-electron chi connectivity index (χ2n) is 4.22. The van der Waals surface area contributed by atoms with E-state index in [1.165, 1.54) is 0 Å². The highest BCUT2D eigenvalue weighted by molar-refractivity contribution is 7.80. The van der Waals surface area contributed by atoms with Gasteiger partial charge in [-0.25, -0.2) is 0 Å². The summed E-state index contributed by atoms with van der Waals surface area (Å²) >= 11 is 4.88. The van der Waals surface area contributed by atoms with Crippen molar-refractivity contribution in [3.8, 4) is 0 Å². The molecule has 1 unspecified atom stereocenters. The molecule has 15 heavy (non-hydrogen) atoms. The van der Waals surface area contributed by atoms with Crippen molar-refractivity contribution in [2.45, 2.75) is 40.0 Å². The molecule has 0 bridgehead atoms. The Morgan fingerprint density at radius 1 is 1.40 bits per heavy atom. The van der Waals surface area contributed by atoms with Gasteiger partial charge in [-0.3, -0.25) is 4.79 Å². The Morgan fingerprint density at radius 2 is 2.00 bits per heavy atom. The van der Waals surface area contributed by atoms with Crippen LogP contribution in [0.25, 0.3) is 0 Å². The number of thiocarbonyl (C=S) groups is 1. The minimum absolute atomic E-state index is 0.0231. The predicted octanol–water partition coefficient (Wildman–Crippen LogP) is 1.85. The minimum atomic E-state index is -0.294. The smallest absolute Gasteiger partial charge is 0.229 e. The van der Waals surface area contributed by atoms with Crippen molar-refractivity contribution >= 4 is 23.1 Å². The fourth-order valence-corrected chi connectivity index (χ4v) is 1.52. The second-order valence-corrected chi connectivity index (χ2v) is 4.69. The average Bonchev–Trinajstić information content (AvgIpc) is 2.12. The van der Waals surface area contributed by atoms with Crippen LogP contribution in [0.3, 0.4) is 0 Å². The molecule has 0 aromatic rings. The lowest BCUT2D eigenvalue weighted by Crippen LogP contribution is -2.38. The van der Waals surface area contributed by atoms with Crippen molar-refractivity contribution in [1.29, 1.82) is 0 Å². The molecule has 0 aromatic carbocycles. The van der Waals surface area contributed by atoms with Crippen molar-refractivity contribution in [3.63, 3.8) is 0 Å². The highest BCUT2D eigenvalue weighted by Gasteiger charge is 2.19. The Balaban J connectivity index is 3.98. The Bertz CT molecular complexity index is 217. The fraction of sp³-hybridized carbons (Fsp3) is 0.818. The molecule has 0 saturated carbocycles. The normalized spacial score (nSPS) is 12.5. The fourth-order valence-electron chi connectivity index (χ4n) is 1.30. The highest BCUT2D eigenvalue weighted by Crippen LogP contribution is 2.07. The lowest BCUT2D eigenvalue weighted by molar-refractivity contribution is -0.123. The molecule has 0 fully saturated rings. The van der Waals surface area contributed by atoms with Crippen molar-refractivity contribution < 1.29 is 4.79 Å². The van der Waals surface area contributed by atoms with Crippen LogP contribution in [-0.4, -0.2) is 17.4 Å². The van der Waals surface area contributed by atoms with E-state index in [1.807, 2.05) is 6.92 Å². The van der Waals surface area contributed by atoms with Gasteiger partial charge in [0.25, 0.3) is 0 Å². The summed E-state index contributed by atoms with van der Waals surface area (Å²) in [7, 11) is 0. The van der Waals surface area contributed by atoms with Crippen LogP contribution in [0.4, 0.5) is 0 Å². The van der Waals surface area contributed by atoms with Crippen LogP contribution in [0.5, 0.6) is 0 Å². The zero-order valence-corrected chi connectivity index (χ0v) is 10.7. The van der Waals surface area contributed by atoms with Crippen molar-refractivity contribution in [2.75, 3.05) is 6.54 Å². The van der Waals surface area contributed by atoms with Gasteiger partial charge in [0.15, 0.2) is 0 Å². The number of nitrogens with two attached hydrogens (primary N) is 1. The summed E-state index contributed by atoms with van der Waals surface area (Å²) in [6.07, 6.45) is 2.64. The minimum Gasteiger partial charge on any atom is -0.393 e. The van der Waals surface area contributed by atoms with Crippen LogP contribution >= 0.6 is 12.2 Å². The zero-order valence-electron chi connectivity index (χ0n) is 9.88. The Labute approximate surface area is 97.8 Å². The highest BCUT2D eigenvalue weighted by atomic mass is 32.1. The molecule has 3 N–H and O–H groups in total. The largest absolute Gasteiger partial charge is 0.393 e. The summed E-state index contributed by atoms with van der Waals surface area (Å²) in [5.41, 5.74) is 5.53.